The third-order valence-electron chi connectivity index (χ3n) is 4.80. The average molecular weight is 450 g/mol. The summed E-state index contributed by atoms with van der Waals surface area (Å²) < 4.78 is 42.8. The monoisotopic (exact) mass is 449 g/mol. The normalized spacial score (nSPS) is 14.5. The van der Waals surface area contributed by atoms with Gasteiger partial charge in [-0.25, -0.2) is 9.97 Å². The maximum atomic E-state index is 12.6. The lowest BCUT2D eigenvalue weighted by atomic mass is 10.1. The number of nitrogens with two attached hydrogens (primary N) is 1. The van der Waals surface area contributed by atoms with Crippen molar-refractivity contribution in [2.75, 3.05) is 24.6 Å². The Labute approximate surface area is 181 Å². The summed E-state index contributed by atoms with van der Waals surface area (Å²) in [5.74, 6) is 0.548. The van der Waals surface area contributed by atoms with Gasteiger partial charge in [0.05, 0.1) is 5.02 Å². The van der Waals surface area contributed by atoms with E-state index < -0.39 is 12.8 Å². The van der Waals surface area contributed by atoms with Crippen LogP contribution in [0.4, 0.5) is 19.0 Å². The molecule has 3 N–H and O–H groups in total. The van der Waals surface area contributed by atoms with Crippen molar-refractivity contribution in [1.29, 1.82) is 0 Å². The number of fused-ring (bicyclic) bond motifs is 1. The van der Waals surface area contributed by atoms with E-state index in [4.69, 9.17) is 22.1 Å². The number of nitrogens with zero attached hydrogens (tertiary/aromatic N) is 3. The molecule has 0 fully saturated rings. The van der Waals surface area contributed by atoms with E-state index in [0.717, 1.165) is 27.7 Å². The van der Waals surface area contributed by atoms with Crippen molar-refractivity contribution in [3.05, 3.63) is 76.5 Å². The fourth-order valence-electron chi connectivity index (χ4n) is 3.30. The molecule has 4 heterocycles. The molecule has 162 valence electrons. The highest BCUT2D eigenvalue weighted by Gasteiger charge is 2.30. The highest BCUT2D eigenvalue weighted by Crippen LogP contribution is 2.27. The fraction of sp³-hybridized carbons (Fsp3) is 0.238. The van der Waals surface area contributed by atoms with Gasteiger partial charge in [0.2, 0.25) is 0 Å². The highest BCUT2D eigenvalue weighted by molar-refractivity contribution is 6.31. The van der Waals surface area contributed by atoms with Gasteiger partial charge in [-0.15, -0.1) is 0 Å². The van der Waals surface area contributed by atoms with Crippen LogP contribution in [0.2, 0.25) is 5.02 Å². The van der Waals surface area contributed by atoms with E-state index in [1.165, 1.54) is 6.08 Å². The Bertz CT molecular complexity index is 1140. The van der Waals surface area contributed by atoms with E-state index in [9.17, 15) is 13.2 Å². The molecular weight excluding hydrogens is 431 g/mol. The van der Waals surface area contributed by atoms with Crippen molar-refractivity contribution >= 4 is 28.5 Å². The van der Waals surface area contributed by atoms with Crippen molar-refractivity contribution < 1.29 is 17.9 Å². The number of pyridine rings is 2. The number of hydrogen-bond donors (Lipinski definition) is 2. The van der Waals surface area contributed by atoms with E-state index in [-0.39, 0.29) is 12.4 Å². The molecule has 0 aliphatic carbocycles. The van der Waals surface area contributed by atoms with Gasteiger partial charge in [0.1, 0.15) is 11.5 Å². The maximum absolute atomic E-state index is 12.6. The molecule has 0 atom stereocenters. The van der Waals surface area contributed by atoms with Crippen molar-refractivity contribution in [3.63, 3.8) is 0 Å². The minimum atomic E-state index is -4.43. The molecule has 0 amide bonds. The van der Waals surface area contributed by atoms with Crippen LogP contribution in [0.3, 0.4) is 0 Å². The summed E-state index contributed by atoms with van der Waals surface area (Å²) in [4.78, 5) is 13.4. The largest absolute Gasteiger partial charge is 0.469 e. The number of H-pyrrole nitrogens is 1. The maximum Gasteiger partial charge on any atom is 0.422 e. The number of rotatable bonds is 6. The van der Waals surface area contributed by atoms with E-state index >= 15 is 0 Å². The van der Waals surface area contributed by atoms with Crippen LogP contribution in [0.15, 0.2) is 60.4 Å². The van der Waals surface area contributed by atoms with Crippen LogP contribution >= 0.6 is 11.6 Å². The molecule has 1 aliphatic rings. The number of ether oxygens (including phenoxy) is 1. The second kappa shape index (κ2) is 8.60. The number of nitrogens with one attached hydrogen (secondary N) is 1. The van der Waals surface area contributed by atoms with Gasteiger partial charge in [0, 0.05) is 43.5 Å². The van der Waals surface area contributed by atoms with Gasteiger partial charge in [-0.3, -0.25) is 4.90 Å². The third-order valence-corrected chi connectivity index (χ3v) is 5.01. The summed E-state index contributed by atoms with van der Waals surface area (Å²) in [6.45, 7) is -0.787. The Kier molecular flexibility index (Phi) is 5.88. The molecule has 3 aromatic rings. The van der Waals surface area contributed by atoms with Gasteiger partial charge < -0.3 is 15.5 Å². The Morgan fingerprint density at radius 2 is 2.03 bits per heavy atom. The Balaban J connectivity index is 1.53. The van der Waals surface area contributed by atoms with Crippen LogP contribution in [-0.4, -0.2) is 40.8 Å². The van der Waals surface area contributed by atoms with Crippen molar-refractivity contribution in [2.24, 2.45) is 5.73 Å². The van der Waals surface area contributed by atoms with Crippen LogP contribution < -0.4 is 10.6 Å². The van der Waals surface area contributed by atoms with E-state index in [0.29, 0.717) is 23.8 Å². The zero-order valence-corrected chi connectivity index (χ0v) is 17.0. The highest BCUT2D eigenvalue weighted by atomic mass is 35.5. The number of allylic oxidation sites excluding steroid dienone is 2. The number of aromatic nitrogens is 3. The standard InChI is InChI=1S/C21H19ClF3N5O/c22-16-6-17-15(9-28-20(17)29-10-16)5-13-1-3-18(27-8-13)30-11-14(7-26)2-4-19(30)31-12-21(23,24)25/h1-4,6,8-10H,5,7,11-12,26H2,(H,28,29). The first-order valence-corrected chi connectivity index (χ1v) is 9.83. The fourth-order valence-corrected chi connectivity index (χ4v) is 3.46. The van der Waals surface area contributed by atoms with Gasteiger partial charge in [0.15, 0.2) is 12.5 Å². The summed E-state index contributed by atoms with van der Waals surface area (Å²) >= 11 is 6.05. The molecule has 0 bridgehead atoms. The molecule has 6 nitrogen and oxygen atoms in total. The first-order valence-electron chi connectivity index (χ1n) is 9.46. The van der Waals surface area contributed by atoms with E-state index in [1.54, 1.807) is 29.4 Å². The van der Waals surface area contributed by atoms with Crippen molar-refractivity contribution in [1.82, 2.24) is 15.0 Å². The predicted octanol–water partition coefficient (Wildman–Crippen LogP) is 4.33. The van der Waals surface area contributed by atoms with E-state index in [2.05, 4.69) is 15.0 Å². The van der Waals surface area contributed by atoms with Gasteiger partial charge >= 0.3 is 6.18 Å². The van der Waals surface area contributed by atoms with Crippen molar-refractivity contribution in [2.45, 2.75) is 12.6 Å². The molecule has 0 unspecified atom stereocenters. The zero-order valence-electron chi connectivity index (χ0n) is 16.3. The van der Waals surface area contributed by atoms with Crippen LogP contribution in [0.5, 0.6) is 0 Å². The first kappa shape index (κ1) is 21.2. The number of halogens is 4. The lowest BCUT2D eigenvalue weighted by Gasteiger charge is -2.29. The lowest BCUT2D eigenvalue weighted by molar-refractivity contribution is -0.165. The van der Waals surface area contributed by atoms with Crippen LogP contribution in [0.25, 0.3) is 11.0 Å². The van der Waals surface area contributed by atoms with Gasteiger partial charge in [-0.2, -0.15) is 13.2 Å². The molecule has 3 aromatic heterocycles. The summed E-state index contributed by atoms with van der Waals surface area (Å²) in [5, 5.41) is 1.48. The Morgan fingerprint density at radius 3 is 2.74 bits per heavy atom. The molecule has 0 saturated heterocycles. The van der Waals surface area contributed by atoms with E-state index in [1.807, 2.05) is 18.3 Å². The zero-order chi connectivity index (χ0) is 22.0. The minimum Gasteiger partial charge on any atom is -0.469 e. The molecule has 0 aromatic carbocycles. The lowest BCUT2D eigenvalue weighted by Crippen LogP contribution is -2.33. The number of anilines is 1. The Hall–Kier alpha value is -3.04. The molecular formula is C21H19ClF3N5O. The topological polar surface area (TPSA) is 80.1 Å². The molecule has 1 aliphatic heterocycles. The SMILES string of the molecule is NCC1=CC=C(OCC(F)(F)F)N(c2ccc(Cc3c[nH]c4ncc(Cl)cc34)cn2)C1. The number of aromatic amines is 1. The third kappa shape index (κ3) is 5.00. The quantitative estimate of drug-likeness (QED) is 0.585. The number of alkyl halides is 3. The second-order valence-corrected chi connectivity index (χ2v) is 7.53. The molecule has 0 spiro atoms. The van der Waals surface area contributed by atoms with Crippen LogP contribution in [0.1, 0.15) is 11.1 Å². The number of hydrogen-bond acceptors (Lipinski definition) is 5. The molecule has 31 heavy (non-hydrogen) atoms. The second-order valence-electron chi connectivity index (χ2n) is 7.09. The molecule has 0 saturated carbocycles. The average Bonchev–Trinajstić information content (AvgIpc) is 3.14. The van der Waals surface area contributed by atoms with Gasteiger partial charge in [-0.05, 0) is 34.9 Å². The Morgan fingerprint density at radius 1 is 1.19 bits per heavy atom. The molecule has 4 rings (SSSR count). The summed E-state index contributed by atoms with van der Waals surface area (Å²) in [6.07, 6.45) is 4.46. The summed E-state index contributed by atoms with van der Waals surface area (Å²) in [6, 6.07) is 5.47. The van der Waals surface area contributed by atoms with Crippen LogP contribution in [0, 0.1) is 0 Å². The molecule has 10 heteroatoms. The first-order chi connectivity index (χ1) is 14.8. The summed E-state index contributed by atoms with van der Waals surface area (Å²) in [7, 11) is 0. The minimum absolute atomic E-state index is 0.0760. The van der Waals surface area contributed by atoms with Crippen molar-refractivity contribution in [3.8, 4) is 0 Å². The van der Waals surface area contributed by atoms with Crippen LogP contribution in [-0.2, 0) is 11.2 Å². The van der Waals surface area contributed by atoms with Gasteiger partial charge in [-0.1, -0.05) is 23.7 Å². The smallest absolute Gasteiger partial charge is 0.422 e. The van der Waals surface area contributed by atoms with Gasteiger partial charge in [0.25, 0.3) is 0 Å². The molecule has 0 radical (unpaired) electrons. The predicted molar refractivity (Wildman–Crippen MR) is 113 cm³/mol. The summed E-state index contributed by atoms with van der Waals surface area (Å²) in [5.41, 5.74) is 9.25.